The molecule has 1 N–H and O–H groups in total. The molecule has 0 atom stereocenters. The van der Waals surface area contributed by atoms with E-state index >= 15 is 0 Å². The van der Waals surface area contributed by atoms with E-state index < -0.39 is 5.97 Å². The van der Waals surface area contributed by atoms with E-state index in [0.29, 0.717) is 0 Å². The topological polar surface area (TPSA) is 55.1 Å². The Labute approximate surface area is 196 Å². The van der Waals surface area contributed by atoms with Gasteiger partial charge in [-0.15, -0.1) is 11.8 Å². The number of benzene rings is 3. The first-order valence-corrected chi connectivity index (χ1v) is 12.3. The quantitative estimate of drug-likeness (QED) is 0.240. The summed E-state index contributed by atoms with van der Waals surface area (Å²) in [4.78, 5) is 15.3. The monoisotopic (exact) mass is 460 g/mol. The van der Waals surface area contributed by atoms with Gasteiger partial charge < -0.3 is 9.67 Å². The molecule has 0 bridgehead atoms. The Morgan fingerprint density at radius 2 is 1.34 bits per heavy atom. The number of aromatic nitrogens is 2. The van der Waals surface area contributed by atoms with Crippen molar-refractivity contribution in [2.24, 2.45) is 0 Å². The maximum absolute atomic E-state index is 11.0. The second kappa shape index (κ2) is 10.6. The number of thioether (sulfide) groups is 2. The van der Waals surface area contributed by atoms with Gasteiger partial charge >= 0.3 is 5.97 Å². The molecule has 0 fully saturated rings. The number of hydrogen-bond donors (Lipinski definition) is 1. The van der Waals surface area contributed by atoms with Crippen molar-refractivity contribution >= 4 is 29.5 Å². The van der Waals surface area contributed by atoms with Crippen LogP contribution in [0.2, 0.25) is 0 Å². The highest BCUT2D eigenvalue weighted by atomic mass is 32.2. The molecule has 6 heteroatoms. The Kier molecular flexibility index (Phi) is 7.35. The van der Waals surface area contributed by atoms with Gasteiger partial charge in [-0.05, 0) is 16.7 Å². The molecular formula is C26H24N2O2S2. The third-order valence-corrected chi connectivity index (χ3v) is 7.71. The van der Waals surface area contributed by atoms with E-state index in [4.69, 9.17) is 5.11 Å². The van der Waals surface area contributed by atoms with Crippen LogP contribution in [-0.4, -0.2) is 32.1 Å². The molecular weight excluding hydrogens is 436 g/mol. The van der Waals surface area contributed by atoms with E-state index in [9.17, 15) is 4.79 Å². The molecule has 0 radical (unpaired) electrons. The van der Waals surface area contributed by atoms with Gasteiger partial charge in [0.2, 0.25) is 0 Å². The zero-order chi connectivity index (χ0) is 22.2. The van der Waals surface area contributed by atoms with E-state index in [1.165, 1.54) is 28.5 Å². The lowest BCUT2D eigenvalue weighted by Crippen LogP contribution is -2.26. The van der Waals surface area contributed by atoms with Crippen LogP contribution >= 0.6 is 23.5 Å². The van der Waals surface area contributed by atoms with Gasteiger partial charge in [-0.2, -0.15) is 0 Å². The molecule has 4 rings (SSSR count). The van der Waals surface area contributed by atoms with Gasteiger partial charge in [0.15, 0.2) is 5.16 Å². The molecule has 3 aromatic carbocycles. The van der Waals surface area contributed by atoms with Crippen molar-refractivity contribution in [1.82, 2.24) is 9.55 Å². The van der Waals surface area contributed by atoms with Crippen molar-refractivity contribution in [3.05, 3.63) is 120 Å². The van der Waals surface area contributed by atoms with Crippen LogP contribution < -0.4 is 0 Å². The molecule has 0 saturated carbocycles. The minimum absolute atomic E-state index is 0.00609. The summed E-state index contributed by atoms with van der Waals surface area (Å²) in [5.74, 6) is -0.00267. The average molecular weight is 461 g/mol. The van der Waals surface area contributed by atoms with Crippen LogP contribution in [0.1, 0.15) is 16.7 Å². The number of carboxylic acid groups (broad SMARTS) is 1. The summed E-state index contributed by atoms with van der Waals surface area (Å²) in [5.41, 5.74) is 3.69. The minimum atomic E-state index is -0.838. The van der Waals surface area contributed by atoms with Crippen LogP contribution in [0.3, 0.4) is 0 Å². The van der Waals surface area contributed by atoms with Gasteiger partial charge in [-0.1, -0.05) is 103 Å². The first kappa shape index (κ1) is 22.2. The fraction of sp³-hybridized carbons (Fsp3) is 0.154. The molecule has 32 heavy (non-hydrogen) atoms. The number of carbonyl (C=O) groups is 1. The van der Waals surface area contributed by atoms with Crippen molar-refractivity contribution in [3.63, 3.8) is 0 Å². The van der Waals surface area contributed by atoms with Crippen LogP contribution in [0.15, 0.2) is 109 Å². The molecule has 0 aliphatic carbocycles. The smallest absolute Gasteiger partial charge is 0.313 e. The lowest BCUT2D eigenvalue weighted by atomic mass is 9.84. The second-order valence-electron chi connectivity index (χ2n) is 7.21. The SMILES string of the molecule is O=C(O)CSc1nccn1CCSC(c1ccccc1)(c1ccccc1)c1ccccc1. The number of aryl methyl sites for hydroxylation is 1. The standard InChI is InChI=1S/C26H24N2O2S2/c29-24(30)20-31-25-27-16-17-28(25)18-19-32-26(21-10-4-1-5-11-21,22-12-6-2-7-13-22)23-14-8-3-9-15-23/h1-17H,18-20H2,(H,29,30). The minimum Gasteiger partial charge on any atom is -0.481 e. The summed E-state index contributed by atoms with van der Waals surface area (Å²) in [7, 11) is 0. The van der Waals surface area contributed by atoms with Gasteiger partial charge in [0, 0.05) is 24.7 Å². The number of imidazole rings is 1. The largest absolute Gasteiger partial charge is 0.481 e. The van der Waals surface area contributed by atoms with E-state index in [-0.39, 0.29) is 10.5 Å². The van der Waals surface area contributed by atoms with Crippen LogP contribution in [0.4, 0.5) is 0 Å². The fourth-order valence-electron chi connectivity index (χ4n) is 3.80. The number of aliphatic carboxylic acids is 1. The van der Waals surface area contributed by atoms with Crippen LogP contribution in [0.25, 0.3) is 0 Å². The number of carboxylic acids is 1. The molecule has 1 heterocycles. The molecule has 1 aromatic heterocycles. The van der Waals surface area contributed by atoms with Gasteiger partial charge in [0.25, 0.3) is 0 Å². The fourth-order valence-corrected chi connectivity index (χ4v) is 6.01. The summed E-state index contributed by atoms with van der Waals surface area (Å²) in [5, 5.41) is 9.74. The number of rotatable bonds is 10. The Bertz CT molecular complexity index is 1040. The molecule has 0 spiro atoms. The van der Waals surface area contributed by atoms with Gasteiger partial charge in [-0.3, -0.25) is 4.79 Å². The van der Waals surface area contributed by atoms with Gasteiger partial charge in [0.1, 0.15) is 0 Å². The van der Waals surface area contributed by atoms with Crippen molar-refractivity contribution in [2.45, 2.75) is 16.4 Å². The molecule has 0 amide bonds. The summed E-state index contributed by atoms with van der Waals surface area (Å²) >= 11 is 3.14. The molecule has 0 aliphatic heterocycles. The Balaban J connectivity index is 1.68. The van der Waals surface area contributed by atoms with Crippen LogP contribution in [-0.2, 0) is 16.1 Å². The number of hydrogen-bond acceptors (Lipinski definition) is 4. The lowest BCUT2D eigenvalue weighted by molar-refractivity contribution is -0.133. The summed E-state index contributed by atoms with van der Waals surface area (Å²) in [6.07, 6.45) is 3.65. The predicted octanol–water partition coefficient (Wildman–Crippen LogP) is 5.79. The normalized spacial score (nSPS) is 11.4. The van der Waals surface area contributed by atoms with Crippen LogP contribution in [0, 0.1) is 0 Å². The number of nitrogens with zero attached hydrogens (tertiary/aromatic N) is 2. The molecule has 0 aliphatic rings. The molecule has 4 nitrogen and oxygen atoms in total. The maximum Gasteiger partial charge on any atom is 0.313 e. The Morgan fingerprint density at radius 3 is 1.81 bits per heavy atom. The van der Waals surface area contributed by atoms with Crippen molar-refractivity contribution in [2.75, 3.05) is 11.5 Å². The van der Waals surface area contributed by atoms with Gasteiger partial charge in [-0.25, -0.2) is 4.98 Å². The van der Waals surface area contributed by atoms with Gasteiger partial charge in [0.05, 0.1) is 10.5 Å². The highest BCUT2D eigenvalue weighted by molar-refractivity contribution is 8.00. The van der Waals surface area contributed by atoms with Crippen molar-refractivity contribution in [1.29, 1.82) is 0 Å². The maximum atomic E-state index is 11.0. The summed E-state index contributed by atoms with van der Waals surface area (Å²) in [6.45, 7) is 0.737. The lowest BCUT2D eigenvalue weighted by Gasteiger charge is -2.35. The third kappa shape index (κ3) is 4.92. The molecule has 4 aromatic rings. The summed E-state index contributed by atoms with van der Waals surface area (Å²) < 4.78 is 1.67. The van der Waals surface area contributed by atoms with E-state index in [2.05, 4.69) is 77.8 Å². The Morgan fingerprint density at radius 1 is 0.844 bits per heavy atom. The highest BCUT2D eigenvalue weighted by Crippen LogP contribution is 2.48. The zero-order valence-corrected chi connectivity index (χ0v) is 19.1. The zero-order valence-electron chi connectivity index (χ0n) is 17.5. The predicted molar refractivity (Wildman–Crippen MR) is 132 cm³/mol. The molecule has 162 valence electrons. The van der Waals surface area contributed by atoms with Crippen molar-refractivity contribution < 1.29 is 9.90 Å². The third-order valence-electron chi connectivity index (χ3n) is 5.19. The van der Waals surface area contributed by atoms with Crippen LogP contribution in [0.5, 0.6) is 0 Å². The van der Waals surface area contributed by atoms with E-state index in [0.717, 1.165) is 17.5 Å². The van der Waals surface area contributed by atoms with E-state index in [1.807, 2.05) is 40.7 Å². The first-order chi connectivity index (χ1) is 15.7. The van der Waals surface area contributed by atoms with Crippen molar-refractivity contribution in [3.8, 4) is 0 Å². The highest BCUT2D eigenvalue weighted by Gasteiger charge is 2.36. The molecule has 0 unspecified atom stereocenters. The summed E-state index contributed by atoms with van der Waals surface area (Å²) in [6, 6.07) is 31.8. The average Bonchev–Trinajstić information content (AvgIpc) is 3.29. The Hall–Kier alpha value is -2.96. The molecule has 0 saturated heterocycles. The second-order valence-corrected chi connectivity index (χ2v) is 9.47. The first-order valence-electron chi connectivity index (χ1n) is 10.4. The van der Waals surface area contributed by atoms with E-state index in [1.54, 1.807) is 6.20 Å².